The second-order valence-electron chi connectivity index (χ2n) is 5.63. The van der Waals surface area contributed by atoms with Crippen molar-refractivity contribution in [3.63, 3.8) is 0 Å². The van der Waals surface area contributed by atoms with Crippen molar-refractivity contribution >= 4 is 18.0 Å². The minimum atomic E-state index is -0.222. The van der Waals surface area contributed by atoms with E-state index >= 15 is 0 Å². The molecule has 0 radical (unpaired) electrons. The lowest BCUT2D eigenvalue weighted by Crippen LogP contribution is -2.26. The third-order valence-electron chi connectivity index (χ3n) is 3.71. The van der Waals surface area contributed by atoms with Gasteiger partial charge in [0, 0.05) is 18.5 Å². The van der Waals surface area contributed by atoms with Gasteiger partial charge in [-0.25, -0.2) is 5.43 Å². The first-order valence-corrected chi connectivity index (χ1v) is 8.51. The SMILES string of the molecule is COc1ccc(C=NNC(=O)CCCNC(=O)c2ccccc2)cc1OC. The van der Waals surface area contributed by atoms with Crippen LogP contribution in [0.15, 0.2) is 53.6 Å². The zero-order valence-electron chi connectivity index (χ0n) is 15.4. The largest absolute Gasteiger partial charge is 0.493 e. The number of nitrogens with zero attached hydrogens (tertiary/aromatic N) is 1. The summed E-state index contributed by atoms with van der Waals surface area (Å²) >= 11 is 0. The molecule has 2 amide bonds. The summed E-state index contributed by atoms with van der Waals surface area (Å²) in [5.74, 6) is 0.835. The summed E-state index contributed by atoms with van der Waals surface area (Å²) in [7, 11) is 3.12. The monoisotopic (exact) mass is 369 g/mol. The Morgan fingerprint density at radius 2 is 1.78 bits per heavy atom. The van der Waals surface area contributed by atoms with Crippen molar-refractivity contribution in [2.45, 2.75) is 12.8 Å². The van der Waals surface area contributed by atoms with E-state index in [1.54, 1.807) is 56.7 Å². The summed E-state index contributed by atoms with van der Waals surface area (Å²) in [5, 5.41) is 6.70. The van der Waals surface area contributed by atoms with Gasteiger partial charge in [-0.15, -0.1) is 0 Å². The van der Waals surface area contributed by atoms with Crippen LogP contribution in [0.3, 0.4) is 0 Å². The van der Waals surface area contributed by atoms with Crippen molar-refractivity contribution in [2.75, 3.05) is 20.8 Å². The van der Waals surface area contributed by atoms with Crippen molar-refractivity contribution < 1.29 is 19.1 Å². The maximum Gasteiger partial charge on any atom is 0.251 e. The molecule has 7 nitrogen and oxygen atoms in total. The first kappa shape index (κ1) is 20.0. The highest BCUT2D eigenvalue weighted by Crippen LogP contribution is 2.26. The van der Waals surface area contributed by atoms with Crippen LogP contribution < -0.4 is 20.2 Å². The summed E-state index contributed by atoms with van der Waals surface area (Å²) in [6.45, 7) is 0.417. The molecule has 27 heavy (non-hydrogen) atoms. The van der Waals surface area contributed by atoms with Crippen LogP contribution in [-0.4, -0.2) is 38.8 Å². The van der Waals surface area contributed by atoms with Crippen molar-refractivity contribution in [3.8, 4) is 11.5 Å². The van der Waals surface area contributed by atoms with E-state index in [2.05, 4.69) is 15.8 Å². The summed E-state index contributed by atoms with van der Waals surface area (Å²) in [6, 6.07) is 14.3. The Balaban J connectivity index is 1.70. The normalized spacial score (nSPS) is 10.4. The minimum absolute atomic E-state index is 0.150. The smallest absolute Gasteiger partial charge is 0.251 e. The van der Waals surface area contributed by atoms with Gasteiger partial charge in [0.25, 0.3) is 5.91 Å². The quantitative estimate of drug-likeness (QED) is 0.403. The highest BCUT2D eigenvalue weighted by Gasteiger charge is 2.05. The predicted molar refractivity (Wildman–Crippen MR) is 103 cm³/mol. The zero-order chi connectivity index (χ0) is 19.5. The number of hydrogen-bond donors (Lipinski definition) is 2. The Bertz CT molecular complexity index is 791. The Morgan fingerprint density at radius 1 is 1.04 bits per heavy atom. The van der Waals surface area contributed by atoms with Crippen molar-refractivity contribution in [1.29, 1.82) is 0 Å². The number of hydrazone groups is 1. The van der Waals surface area contributed by atoms with Crippen molar-refractivity contribution in [1.82, 2.24) is 10.7 Å². The van der Waals surface area contributed by atoms with Crippen LogP contribution in [0.2, 0.25) is 0 Å². The zero-order valence-corrected chi connectivity index (χ0v) is 15.4. The third kappa shape index (κ3) is 6.47. The second-order valence-corrected chi connectivity index (χ2v) is 5.63. The molecule has 0 saturated carbocycles. The van der Waals surface area contributed by atoms with Crippen LogP contribution in [0.1, 0.15) is 28.8 Å². The van der Waals surface area contributed by atoms with Gasteiger partial charge < -0.3 is 14.8 Å². The minimum Gasteiger partial charge on any atom is -0.493 e. The standard InChI is InChI=1S/C20H23N3O4/c1-26-17-11-10-15(13-18(17)27-2)14-22-23-19(24)9-6-12-21-20(25)16-7-4-3-5-8-16/h3-5,7-8,10-11,13-14H,6,9,12H2,1-2H3,(H,21,25)(H,23,24). The van der Waals surface area contributed by atoms with Gasteiger partial charge in [-0.1, -0.05) is 18.2 Å². The maximum atomic E-state index is 11.9. The lowest BCUT2D eigenvalue weighted by atomic mass is 10.2. The molecule has 0 unspecified atom stereocenters. The molecule has 2 N–H and O–H groups in total. The number of rotatable bonds is 9. The molecule has 0 bridgehead atoms. The summed E-state index contributed by atoms with van der Waals surface area (Å²) in [5.41, 5.74) is 3.83. The van der Waals surface area contributed by atoms with Crippen LogP contribution in [0.25, 0.3) is 0 Å². The van der Waals surface area contributed by atoms with Gasteiger partial charge in [0.05, 0.1) is 20.4 Å². The Kier molecular flexibility index (Phi) is 7.84. The van der Waals surface area contributed by atoms with Crippen LogP contribution in [0.5, 0.6) is 11.5 Å². The van der Waals surface area contributed by atoms with E-state index in [9.17, 15) is 9.59 Å². The number of amides is 2. The summed E-state index contributed by atoms with van der Waals surface area (Å²) in [6.07, 6.45) is 2.31. The lowest BCUT2D eigenvalue weighted by Gasteiger charge is -2.07. The van der Waals surface area contributed by atoms with Gasteiger partial charge in [0.15, 0.2) is 11.5 Å². The molecule has 0 fully saturated rings. The Morgan fingerprint density at radius 3 is 2.48 bits per heavy atom. The number of benzene rings is 2. The van der Waals surface area contributed by atoms with Crippen LogP contribution in [0.4, 0.5) is 0 Å². The van der Waals surface area contributed by atoms with Gasteiger partial charge >= 0.3 is 0 Å². The molecule has 0 aliphatic rings. The van der Waals surface area contributed by atoms with Gasteiger partial charge in [-0.3, -0.25) is 9.59 Å². The van der Waals surface area contributed by atoms with Gasteiger partial charge in [0.2, 0.25) is 5.91 Å². The topological polar surface area (TPSA) is 89.0 Å². The number of ether oxygens (including phenoxy) is 2. The average molecular weight is 369 g/mol. The number of methoxy groups -OCH3 is 2. The number of carbonyl (C=O) groups excluding carboxylic acids is 2. The van der Waals surface area contributed by atoms with E-state index in [1.807, 2.05) is 6.07 Å². The second kappa shape index (κ2) is 10.6. The molecule has 142 valence electrons. The van der Waals surface area contributed by atoms with E-state index < -0.39 is 0 Å². The molecule has 0 atom stereocenters. The van der Waals surface area contributed by atoms with Crippen LogP contribution in [0, 0.1) is 0 Å². The molecule has 2 aromatic carbocycles. The van der Waals surface area contributed by atoms with Crippen molar-refractivity contribution in [2.24, 2.45) is 5.10 Å². The molecular formula is C20H23N3O4. The van der Waals surface area contributed by atoms with Crippen LogP contribution >= 0.6 is 0 Å². The molecule has 0 spiro atoms. The Hall–Kier alpha value is -3.35. The fourth-order valence-corrected chi connectivity index (χ4v) is 2.31. The number of nitrogens with one attached hydrogen (secondary N) is 2. The predicted octanol–water partition coefficient (Wildman–Crippen LogP) is 2.36. The first-order valence-electron chi connectivity index (χ1n) is 8.51. The van der Waals surface area contributed by atoms with Gasteiger partial charge in [0.1, 0.15) is 0 Å². The fraction of sp³-hybridized carbons (Fsp3) is 0.250. The molecule has 2 rings (SSSR count). The molecule has 0 aromatic heterocycles. The van der Waals surface area contributed by atoms with E-state index in [4.69, 9.17) is 9.47 Å². The molecular weight excluding hydrogens is 346 g/mol. The molecule has 0 aliphatic heterocycles. The molecule has 7 heteroatoms. The summed E-state index contributed by atoms with van der Waals surface area (Å²) in [4.78, 5) is 23.7. The molecule has 0 aliphatic carbocycles. The molecule has 2 aromatic rings. The maximum absolute atomic E-state index is 11.9. The van der Waals surface area contributed by atoms with Gasteiger partial charge in [-0.2, -0.15) is 5.10 Å². The average Bonchev–Trinajstić information content (AvgIpc) is 2.71. The molecule has 0 heterocycles. The summed E-state index contributed by atoms with van der Waals surface area (Å²) < 4.78 is 10.4. The Labute approximate surface area is 158 Å². The number of carbonyl (C=O) groups is 2. The van der Waals surface area contributed by atoms with Crippen molar-refractivity contribution in [3.05, 3.63) is 59.7 Å². The lowest BCUT2D eigenvalue weighted by molar-refractivity contribution is -0.121. The number of hydrogen-bond acceptors (Lipinski definition) is 5. The van der Waals surface area contributed by atoms with E-state index in [0.29, 0.717) is 30.0 Å². The molecule has 0 saturated heterocycles. The first-order chi connectivity index (χ1) is 13.1. The fourth-order valence-electron chi connectivity index (χ4n) is 2.31. The third-order valence-corrected chi connectivity index (χ3v) is 3.71. The van der Waals surface area contributed by atoms with E-state index in [0.717, 1.165) is 5.56 Å². The van der Waals surface area contributed by atoms with E-state index in [-0.39, 0.29) is 18.2 Å². The van der Waals surface area contributed by atoms with Crippen LogP contribution in [-0.2, 0) is 4.79 Å². The van der Waals surface area contributed by atoms with E-state index in [1.165, 1.54) is 6.21 Å². The highest BCUT2D eigenvalue weighted by molar-refractivity contribution is 5.94. The highest BCUT2D eigenvalue weighted by atomic mass is 16.5. The van der Waals surface area contributed by atoms with Gasteiger partial charge in [-0.05, 0) is 42.3 Å².